The predicted molar refractivity (Wildman–Crippen MR) is 75.3 cm³/mol. The largest absolute Gasteiger partial charge is 0.376 e. The van der Waals surface area contributed by atoms with E-state index in [1.54, 1.807) is 7.11 Å². The fourth-order valence-corrected chi connectivity index (χ4v) is 2.54. The van der Waals surface area contributed by atoms with Gasteiger partial charge in [-0.05, 0) is 22.3 Å². The van der Waals surface area contributed by atoms with E-state index in [-0.39, 0.29) is 6.10 Å². The van der Waals surface area contributed by atoms with Crippen molar-refractivity contribution in [3.05, 3.63) is 70.8 Å². The second kappa shape index (κ2) is 4.79. The van der Waals surface area contributed by atoms with E-state index >= 15 is 0 Å². The minimum Gasteiger partial charge on any atom is -0.376 e. The standard InChI is InChI=1S/C17H16O/c1-18-17-12-15-8-3-2-6-13(15)10-11-14-7-4-5-9-16(14)17/h2-11,17H,12H2,1H3. The molecule has 0 N–H and O–H groups in total. The molecule has 1 heteroatoms. The van der Waals surface area contributed by atoms with E-state index in [4.69, 9.17) is 4.74 Å². The maximum atomic E-state index is 5.68. The Morgan fingerprint density at radius 1 is 0.889 bits per heavy atom. The van der Waals surface area contributed by atoms with Gasteiger partial charge in [-0.25, -0.2) is 0 Å². The zero-order valence-electron chi connectivity index (χ0n) is 10.5. The lowest BCUT2D eigenvalue weighted by Gasteiger charge is -2.21. The van der Waals surface area contributed by atoms with Gasteiger partial charge in [0.1, 0.15) is 0 Å². The van der Waals surface area contributed by atoms with E-state index in [1.165, 1.54) is 22.3 Å². The van der Waals surface area contributed by atoms with Crippen molar-refractivity contribution in [1.29, 1.82) is 0 Å². The third kappa shape index (κ3) is 1.98. The summed E-state index contributed by atoms with van der Waals surface area (Å²) in [6, 6.07) is 17.0. The minimum absolute atomic E-state index is 0.132. The van der Waals surface area contributed by atoms with Crippen LogP contribution in [0.5, 0.6) is 0 Å². The number of ether oxygens (including phenoxy) is 1. The molecule has 1 aliphatic rings. The molecule has 0 bridgehead atoms. The number of hydrogen-bond donors (Lipinski definition) is 0. The Balaban J connectivity index is 2.15. The predicted octanol–water partition coefficient (Wildman–Crippen LogP) is 4.10. The first-order chi connectivity index (χ1) is 8.88. The molecule has 1 aliphatic carbocycles. The Morgan fingerprint density at radius 2 is 1.56 bits per heavy atom. The first kappa shape index (κ1) is 11.2. The second-order valence-corrected chi connectivity index (χ2v) is 4.59. The summed E-state index contributed by atoms with van der Waals surface area (Å²) < 4.78 is 5.68. The highest BCUT2D eigenvalue weighted by atomic mass is 16.5. The van der Waals surface area contributed by atoms with Crippen molar-refractivity contribution in [2.24, 2.45) is 0 Å². The Morgan fingerprint density at radius 3 is 2.39 bits per heavy atom. The first-order valence-corrected chi connectivity index (χ1v) is 6.26. The summed E-state index contributed by atoms with van der Waals surface area (Å²) in [5.74, 6) is 0. The Hall–Kier alpha value is -1.86. The molecule has 0 amide bonds. The summed E-state index contributed by atoms with van der Waals surface area (Å²) in [5, 5.41) is 0. The minimum atomic E-state index is 0.132. The van der Waals surface area contributed by atoms with E-state index in [0.29, 0.717) is 0 Å². The smallest absolute Gasteiger partial charge is 0.0867 e. The van der Waals surface area contributed by atoms with Gasteiger partial charge in [0, 0.05) is 13.5 Å². The highest BCUT2D eigenvalue weighted by molar-refractivity contribution is 5.73. The van der Waals surface area contributed by atoms with Gasteiger partial charge >= 0.3 is 0 Å². The lowest BCUT2D eigenvalue weighted by Crippen LogP contribution is -2.09. The molecule has 3 rings (SSSR count). The van der Waals surface area contributed by atoms with Crippen molar-refractivity contribution < 1.29 is 4.74 Å². The van der Waals surface area contributed by atoms with Crippen LogP contribution in [0.25, 0.3) is 12.2 Å². The molecular weight excluding hydrogens is 220 g/mol. The summed E-state index contributed by atoms with van der Waals surface area (Å²) in [6.45, 7) is 0. The topological polar surface area (TPSA) is 9.23 Å². The van der Waals surface area contributed by atoms with Gasteiger partial charge in [-0.15, -0.1) is 0 Å². The first-order valence-electron chi connectivity index (χ1n) is 6.26. The zero-order valence-corrected chi connectivity index (χ0v) is 10.5. The van der Waals surface area contributed by atoms with Crippen LogP contribution in [-0.4, -0.2) is 7.11 Å². The summed E-state index contributed by atoms with van der Waals surface area (Å²) in [7, 11) is 1.79. The Bertz CT molecular complexity index is 584. The molecule has 1 atom stereocenters. The fraction of sp³-hybridized carbons (Fsp3) is 0.176. The van der Waals surface area contributed by atoms with Crippen LogP contribution in [0, 0.1) is 0 Å². The second-order valence-electron chi connectivity index (χ2n) is 4.59. The maximum absolute atomic E-state index is 5.68. The van der Waals surface area contributed by atoms with Gasteiger partial charge < -0.3 is 4.74 Å². The van der Waals surface area contributed by atoms with Gasteiger partial charge in [0.05, 0.1) is 6.10 Å². The third-order valence-corrected chi connectivity index (χ3v) is 3.53. The molecule has 0 heterocycles. The van der Waals surface area contributed by atoms with Crippen molar-refractivity contribution in [2.45, 2.75) is 12.5 Å². The highest BCUT2D eigenvalue weighted by Gasteiger charge is 2.17. The average Bonchev–Trinajstić information content (AvgIpc) is 2.41. The zero-order chi connectivity index (χ0) is 12.4. The molecule has 0 saturated heterocycles. The lowest BCUT2D eigenvalue weighted by molar-refractivity contribution is 0.103. The molecule has 0 saturated carbocycles. The molecule has 0 fully saturated rings. The van der Waals surface area contributed by atoms with Gasteiger partial charge in [0.25, 0.3) is 0 Å². The summed E-state index contributed by atoms with van der Waals surface area (Å²) in [5.41, 5.74) is 5.15. The molecule has 1 nitrogen and oxygen atoms in total. The molecule has 1 unspecified atom stereocenters. The quantitative estimate of drug-likeness (QED) is 0.724. The number of hydrogen-bond acceptors (Lipinski definition) is 1. The maximum Gasteiger partial charge on any atom is 0.0867 e. The van der Waals surface area contributed by atoms with Crippen LogP contribution in [0.2, 0.25) is 0 Å². The molecule has 18 heavy (non-hydrogen) atoms. The molecule has 0 radical (unpaired) electrons. The molecule has 2 aromatic carbocycles. The molecular formula is C17H16O. The van der Waals surface area contributed by atoms with Crippen molar-refractivity contribution in [2.75, 3.05) is 7.11 Å². The van der Waals surface area contributed by atoms with E-state index in [1.807, 2.05) is 0 Å². The third-order valence-electron chi connectivity index (χ3n) is 3.53. The number of rotatable bonds is 1. The van der Waals surface area contributed by atoms with Crippen LogP contribution in [0.1, 0.15) is 28.4 Å². The average molecular weight is 236 g/mol. The Labute approximate surface area is 108 Å². The van der Waals surface area contributed by atoms with E-state index in [2.05, 4.69) is 60.7 Å². The molecule has 0 aromatic heterocycles. The summed E-state index contributed by atoms with van der Waals surface area (Å²) >= 11 is 0. The van der Waals surface area contributed by atoms with Gasteiger partial charge in [-0.3, -0.25) is 0 Å². The summed E-state index contributed by atoms with van der Waals surface area (Å²) in [6.07, 6.45) is 5.43. The summed E-state index contributed by atoms with van der Waals surface area (Å²) in [4.78, 5) is 0. The number of benzene rings is 2. The van der Waals surface area contributed by atoms with Crippen LogP contribution >= 0.6 is 0 Å². The van der Waals surface area contributed by atoms with Crippen LogP contribution in [0.3, 0.4) is 0 Å². The number of methoxy groups -OCH3 is 1. The van der Waals surface area contributed by atoms with Crippen LogP contribution in [0.15, 0.2) is 48.5 Å². The monoisotopic (exact) mass is 236 g/mol. The molecule has 90 valence electrons. The van der Waals surface area contributed by atoms with Crippen LogP contribution in [-0.2, 0) is 11.2 Å². The molecule has 2 aromatic rings. The van der Waals surface area contributed by atoms with Crippen molar-refractivity contribution >= 4 is 12.2 Å². The molecule has 0 aliphatic heterocycles. The van der Waals surface area contributed by atoms with Gasteiger partial charge in [0.2, 0.25) is 0 Å². The van der Waals surface area contributed by atoms with Crippen LogP contribution < -0.4 is 0 Å². The van der Waals surface area contributed by atoms with E-state index < -0.39 is 0 Å². The van der Waals surface area contributed by atoms with Gasteiger partial charge in [-0.2, -0.15) is 0 Å². The van der Waals surface area contributed by atoms with Crippen molar-refractivity contribution in [3.63, 3.8) is 0 Å². The van der Waals surface area contributed by atoms with Crippen molar-refractivity contribution in [3.8, 4) is 0 Å². The SMILES string of the molecule is COC1Cc2ccccc2C=Cc2ccccc21. The lowest BCUT2D eigenvalue weighted by atomic mass is 9.91. The van der Waals surface area contributed by atoms with E-state index in [9.17, 15) is 0 Å². The van der Waals surface area contributed by atoms with Crippen molar-refractivity contribution in [1.82, 2.24) is 0 Å². The van der Waals surface area contributed by atoms with Gasteiger partial charge in [-0.1, -0.05) is 60.7 Å². The highest BCUT2D eigenvalue weighted by Crippen LogP contribution is 2.30. The van der Waals surface area contributed by atoms with Gasteiger partial charge in [0.15, 0.2) is 0 Å². The Kier molecular flexibility index (Phi) is 2.99. The van der Waals surface area contributed by atoms with E-state index in [0.717, 1.165) is 6.42 Å². The fourth-order valence-electron chi connectivity index (χ4n) is 2.54. The normalized spacial score (nSPS) is 17.5. The number of fused-ring (bicyclic) bond motifs is 2. The van der Waals surface area contributed by atoms with Crippen LogP contribution in [0.4, 0.5) is 0 Å². The molecule has 0 spiro atoms.